The first-order valence-corrected chi connectivity index (χ1v) is 9.44. The molecule has 1 aromatic carbocycles. The van der Waals surface area contributed by atoms with E-state index in [-0.39, 0.29) is 12.0 Å². The first-order chi connectivity index (χ1) is 12.5. The number of rotatable bonds is 4. The van der Waals surface area contributed by atoms with Gasteiger partial charge in [0.1, 0.15) is 5.01 Å². The second kappa shape index (κ2) is 6.69. The average Bonchev–Trinajstić information content (AvgIpc) is 3.35. The van der Waals surface area contributed by atoms with Crippen molar-refractivity contribution in [2.45, 2.75) is 19.1 Å². The second-order valence-corrected chi connectivity index (χ2v) is 7.63. The van der Waals surface area contributed by atoms with Gasteiger partial charge in [0.15, 0.2) is 0 Å². The smallest absolute Gasteiger partial charge is 0.254 e. The van der Waals surface area contributed by atoms with Gasteiger partial charge in [-0.2, -0.15) is 0 Å². The van der Waals surface area contributed by atoms with Crippen LogP contribution in [0.4, 0.5) is 5.95 Å². The molecule has 1 aliphatic heterocycles. The van der Waals surface area contributed by atoms with Gasteiger partial charge in [0.2, 0.25) is 5.95 Å². The highest BCUT2D eigenvalue weighted by Crippen LogP contribution is 2.25. The van der Waals surface area contributed by atoms with Crippen LogP contribution in [0.25, 0.3) is 11.0 Å². The van der Waals surface area contributed by atoms with E-state index in [1.807, 2.05) is 35.2 Å². The van der Waals surface area contributed by atoms with E-state index in [1.165, 1.54) is 11.3 Å². The molecule has 1 unspecified atom stereocenters. The Morgan fingerprint density at radius 2 is 2.31 bits per heavy atom. The number of aliphatic hydroxyl groups excluding tert-OH is 1. The largest absolute Gasteiger partial charge is 0.391 e. The molecule has 8 heteroatoms. The Bertz CT molecular complexity index is 937. The molecule has 2 aromatic heterocycles. The van der Waals surface area contributed by atoms with Gasteiger partial charge >= 0.3 is 0 Å². The topological polar surface area (TPSA) is 74.5 Å². The van der Waals surface area contributed by atoms with Gasteiger partial charge in [-0.1, -0.05) is 0 Å². The van der Waals surface area contributed by atoms with Crippen molar-refractivity contribution in [3.8, 4) is 0 Å². The first kappa shape index (κ1) is 17.0. The predicted octanol–water partition coefficient (Wildman–Crippen LogP) is 1.87. The van der Waals surface area contributed by atoms with Crippen molar-refractivity contribution in [1.82, 2.24) is 19.4 Å². The zero-order valence-electron chi connectivity index (χ0n) is 14.8. The number of anilines is 1. The van der Waals surface area contributed by atoms with Crippen molar-refractivity contribution >= 4 is 34.2 Å². The number of fused-ring (bicyclic) bond motifs is 1. The summed E-state index contributed by atoms with van der Waals surface area (Å²) in [4.78, 5) is 25.4. The van der Waals surface area contributed by atoms with Crippen molar-refractivity contribution in [2.75, 3.05) is 25.0 Å². The van der Waals surface area contributed by atoms with Crippen LogP contribution in [0.2, 0.25) is 0 Å². The van der Waals surface area contributed by atoms with Crippen molar-refractivity contribution in [1.29, 1.82) is 0 Å². The van der Waals surface area contributed by atoms with E-state index < -0.39 is 0 Å². The molecule has 0 spiro atoms. The number of aliphatic hydroxyl groups is 1. The summed E-state index contributed by atoms with van der Waals surface area (Å²) in [5, 5.41) is 12.6. The van der Waals surface area contributed by atoms with Gasteiger partial charge in [-0.25, -0.2) is 9.97 Å². The number of β-amino-alcohol motifs (C(OH)–C–C–N with tert-alkyl or cyclic N) is 1. The SMILES string of the molecule is CN(Cc1nccs1)C(=O)c1ccc2c(c1)nc(N1CCC(O)C1)n2C. The summed E-state index contributed by atoms with van der Waals surface area (Å²) in [7, 11) is 3.74. The Morgan fingerprint density at radius 3 is 3.00 bits per heavy atom. The molecule has 0 saturated carbocycles. The Labute approximate surface area is 155 Å². The number of imidazole rings is 1. The molecule has 1 N–H and O–H groups in total. The van der Waals surface area contributed by atoms with Crippen LogP contribution in [0.3, 0.4) is 0 Å². The maximum absolute atomic E-state index is 12.7. The maximum Gasteiger partial charge on any atom is 0.254 e. The van der Waals surface area contributed by atoms with Gasteiger partial charge in [0.05, 0.1) is 23.7 Å². The number of thiazole rings is 1. The minimum atomic E-state index is -0.300. The standard InChI is InChI=1S/C18H21N5O2S/c1-21(11-16-19-6-8-26-16)17(25)12-3-4-15-14(9-12)20-18(22(15)2)23-7-5-13(24)10-23/h3-4,6,8-9,13,24H,5,7,10-11H2,1-2H3. The van der Waals surface area contributed by atoms with Crippen molar-refractivity contribution in [3.05, 3.63) is 40.3 Å². The summed E-state index contributed by atoms with van der Waals surface area (Å²) in [6.07, 6.45) is 2.20. The summed E-state index contributed by atoms with van der Waals surface area (Å²) >= 11 is 1.54. The van der Waals surface area contributed by atoms with E-state index in [4.69, 9.17) is 4.98 Å². The summed E-state index contributed by atoms with van der Waals surface area (Å²) in [5.41, 5.74) is 2.38. The Balaban J connectivity index is 1.60. The lowest BCUT2D eigenvalue weighted by Crippen LogP contribution is -2.26. The van der Waals surface area contributed by atoms with Gasteiger partial charge in [0, 0.05) is 44.3 Å². The minimum Gasteiger partial charge on any atom is -0.391 e. The summed E-state index contributed by atoms with van der Waals surface area (Å²) in [6, 6.07) is 5.61. The molecule has 0 bridgehead atoms. The molecule has 136 valence electrons. The van der Waals surface area contributed by atoms with E-state index in [0.717, 1.165) is 35.0 Å². The van der Waals surface area contributed by atoms with E-state index in [1.54, 1.807) is 18.1 Å². The number of aryl methyl sites for hydroxylation is 1. The second-order valence-electron chi connectivity index (χ2n) is 6.65. The van der Waals surface area contributed by atoms with Crippen LogP contribution in [0, 0.1) is 0 Å². The van der Waals surface area contributed by atoms with Gasteiger partial charge in [0.25, 0.3) is 5.91 Å². The number of hydrogen-bond donors (Lipinski definition) is 1. The molecule has 4 rings (SSSR count). The molecule has 1 saturated heterocycles. The monoisotopic (exact) mass is 371 g/mol. The molecule has 1 aliphatic rings. The fourth-order valence-electron chi connectivity index (χ4n) is 3.35. The minimum absolute atomic E-state index is 0.0501. The third-order valence-corrected chi connectivity index (χ3v) is 5.52. The first-order valence-electron chi connectivity index (χ1n) is 8.56. The zero-order chi connectivity index (χ0) is 18.3. The van der Waals surface area contributed by atoms with Crippen LogP contribution in [0.5, 0.6) is 0 Å². The molecule has 1 fully saturated rings. The van der Waals surface area contributed by atoms with Crippen LogP contribution in [0.15, 0.2) is 29.8 Å². The quantitative estimate of drug-likeness (QED) is 0.758. The van der Waals surface area contributed by atoms with Gasteiger partial charge in [-0.3, -0.25) is 4.79 Å². The molecule has 7 nitrogen and oxygen atoms in total. The molecule has 3 heterocycles. The average molecular weight is 371 g/mol. The molecule has 3 aromatic rings. The predicted molar refractivity (Wildman–Crippen MR) is 101 cm³/mol. The third-order valence-electron chi connectivity index (χ3n) is 4.75. The van der Waals surface area contributed by atoms with E-state index in [9.17, 15) is 9.90 Å². The third kappa shape index (κ3) is 3.06. The summed E-state index contributed by atoms with van der Waals surface area (Å²) in [6.45, 7) is 1.88. The van der Waals surface area contributed by atoms with Gasteiger partial charge in [-0.05, 0) is 24.6 Å². The number of hydrogen-bond acceptors (Lipinski definition) is 6. The summed E-state index contributed by atoms with van der Waals surface area (Å²) < 4.78 is 2.01. The fourth-order valence-corrected chi connectivity index (χ4v) is 4.02. The maximum atomic E-state index is 12.7. The van der Waals surface area contributed by atoms with Crippen LogP contribution < -0.4 is 4.90 Å². The lowest BCUT2D eigenvalue weighted by atomic mass is 10.2. The van der Waals surface area contributed by atoms with Crippen molar-refractivity contribution in [3.63, 3.8) is 0 Å². The highest BCUT2D eigenvalue weighted by Gasteiger charge is 2.24. The molecule has 1 atom stereocenters. The van der Waals surface area contributed by atoms with Crippen LogP contribution >= 0.6 is 11.3 Å². The van der Waals surface area contributed by atoms with E-state index in [0.29, 0.717) is 18.7 Å². The fraction of sp³-hybridized carbons (Fsp3) is 0.389. The number of aromatic nitrogens is 3. The number of carbonyl (C=O) groups is 1. The summed E-state index contributed by atoms with van der Waals surface area (Å²) in [5.74, 6) is 0.781. The van der Waals surface area contributed by atoms with Crippen LogP contribution in [0.1, 0.15) is 21.8 Å². The Hall–Kier alpha value is -2.45. The molecule has 26 heavy (non-hydrogen) atoms. The molecular formula is C18H21N5O2S. The zero-order valence-corrected chi connectivity index (χ0v) is 15.6. The Morgan fingerprint density at radius 1 is 1.46 bits per heavy atom. The lowest BCUT2D eigenvalue weighted by Gasteiger charge is -2.16. The molecule has 0 radical (unpaired) electrons. The van der Waals surface area contributed by atoms with Crippen molar-refractivity contribution < 1.29 is 9.90 Å². The number of benzene rings is 1. The number of nitrogens with zero attached hydrogens (tertiary/aromatic N) is 5. The van der Waals surface area contributed by atoms with Crippen LogP contribution in [-0.2, 0) is 13.6 Å². The van der Waals surface area contributed by atoms with Crippen LogP contribution in [-0.4, -0.2) is 56.7 Å². The van der Waals surface area contributed by atoms with Crippen molar-refractivity contribution in [2.24, 2.45) is 7.05 Å². The van der Waals surface area contributed by atoms with E-state index in [2.05, 4.69) is 9.88 Å². The van der Waals surface area contributed by atoms with Gasteiger partial charge in [-0.15, -0.1) is 11.3 Å². The number of amides is 1. The highest BCUT2D eigenvalue weighted by atomic mass is 32.1. The normalized spacial score (nSPS) is 17.2. The van der Waals surface area contributed by atoms with Gasteiger partial charge < -0.3 is 19.5 Å². The molecule has 0 aliphatic carbocycles. The molecular weight excluding hydrogens is 350 g/mol. The van der Waals surface area contributed by atoms with E-state index >= 15 is 0 Å². The Kier molecular flexibility index (Phi) is 4.37. The molecule has 1 amide bonds. The lowest BCUT2D eigenvalue weighted by molar-refractivity contribution is 0.0785. The highest BCUT2D eigenvalue weighted by molar-refractivity contribution is 7.09. The number of carbonyl (C=O) groups excluding carboxylic acids is 1.